The average molecular weight is 232 g/mol. The summed E-state index contributed by atoms with van der Waals surface area (Å²) in [7, 11) is -5.90. The smallest absolute Gasteiger partial charge is 0.215 e. The van der Waals surface area contributed by atoms with E-state index < -0.39 is 27.1 Å². The van der Waals surface area contributed by atoms with Crippen LogP contribution in [0.1, 0.15) is 0 Å². The van der Waals surface area contributed by atoms with Crippen LogP contribution in [0.25, 0.3) is 0 Å². The van der Waals surface area contributed by atoms with E-state index in [-0.39, 0.29) is 0 Å². The van der Waals surface area contributed by atoms with Gasteiger partial charge >= 0.3 is 12.6 Å². The van der Waals surface area contributed by atoms with Crippen molar-refractivity contribution in [3.05, 3.63) is 0 Å². The number of hydrogen-bond donors (Lipinski definition) is 1. The maximum Gasteiger partial charge on any atom is 0.481 e. The molecular formula is C2H2F6N2O2S. The van der Waals surface area contributed by atoms with Crippen LogP contribution in [-0.2, 0) is 10.2 Å². The lowest BCUT2D eigenvalue weighted by Gasteiger charge is -2.23. The van der Waals surface area contributed by atoms with Gasteiger partial charge in [0.15, 0.2) is 0 Å². The summed E-state index contributed by atoms with van der Waals surface area (Å²) in [5.41, 5.74) is 0. The van der Waals surface area contributed by atoms with E-state index in [1.54, 1.807) is 0 Å². The van der Waals surface area contributed by atoms with Crippen molar-refractivity contribution in [2.45, 2.75) is 12.6 Å². The molecule has 0 unspecified atom stereocenters. The molecule has 0 radical (unpaired) electrons. The van der Waals surface area contributed by atoms with E-state index in [4.69, 9.17) is 0 Å². The molecule has 0 amide bonds. The standard InChI is InChI=1S/C2H2F6N2O2S/c3-1(4,5)10(2(6,7)8)13(9,11)12/h(H2,9,11,12). The summed E-state index contributed by atoms with van der Waals surface area (Å²) in [5.74, 6) is 0. The van der Waals surface area contributed by atoms with Gasteiger partial charge in [-0.15, -0.1) is 0 Å². The lowest BCUT2D eigenvalue weighted by atomic mass is 11.0. The molecule has 0 aromatic carbocycles. The molecule has 0 aliphatic rings. The summed E-state index contributed by atoms with van der Waals surface area (Å²) in [6.07, 6.45) is -12.2. The molecule has 13 heavy (non-hydrogen) atoms. The van der Waals surface area contributed by atoms with Crippen molar-refractivity contribution >= 4 is 10.2 Å². The summed E-state index contributed by atoms with van der Waals surface area (Å²) < 4.78 is 85.8. The zero-order chi connectivity index (χ0) is 11.1. The Morgan fingerprint density at radius 1 is 0.923 bits per heavy atom. The molecule has 0 saturated carbocycles. The number of hydrogen-bond acceptors (Lipinski definition) is 2. The maximum absolute atomic E-state index is 11.5. The number of halogens is 6. The first-order chi connectivity index (χ1) is 5.37. The first kappa shape index (κ1) is 12.4. The summed E-state index contributed by atoms with van der Waals surface area (Å²) in [4.78, 5) is 0. The van der Waals surface area contributed by atoms with E-state index >= 15 is 0 Å². The quantitative estimate of drug-likeness (QED) is 0.529. The van der Waals surface area contributed by atoms with Gasteiger partial charge < -0.3 is 0 Å². The van der Waals surface area contributed by atoms with Crippen molar-refractivity contribution < 1.29 is 34.8 Å². The fourth-order valence-corrected chi connectivity index (χ4v) is 1.01. The third kappa shape index (κ3) is 3.36. The summed E-state index contributed by atoms with van der Waals surface area (Å²) >= 11 is 0. The molecule has 0 saturated heterocycles. The Kier molecular flexibility index (Phi) is 2.86. The van der Waals surface area contributed by atoms with Crippen LogP contribution in [0.5, 0.6) is 0 Å². The number of nitrogens with two attached hydrogens (primary N) is 1. The van der Waals surface area contributed by atoms with E-state index in [9.17, 15) is 34.8 Å². The first-order valence-corrected chi connectivity index (χ1v) is 3.84. The highest BCUT2D eigenvalue weighted by Gasteiger charge is 2.60. The van der Waals surface area contributed by atoms with Gasteiger partial charge in [0.25, 0.3) is 10.2 Å². The molecule has 0 heterocycles. The van der Waals surface area contributed by atoms with Crippen molar-refractivity contribution in [2.75, 3.05) is 0 Å². The molecule has 0 aromatic rings. The molecule has 0 aromatic heterocycles. The van der Waals surface area contributed by atoms with Crippen molar-refractivity contribution in [2.24, 2.45) is 5.14 Å². The molecule has 0 bridgehead atoms. The van der Waals surface area contributed by atoms with Gasteiger partial charge in [-0.2, -0.15) is 34.8 Å². The Morgan fingerprint density at radius 3 is 1.15 bits per heavy atom. The largest absolute Gasteiger partial charge is 0.481 e. The van der Waals surface area contributed by atoms with E-state index in [1.165, 1.54) is 0 Å². The third-order valence-electron chi connectivity index (χ3n) is 0.715. The minimum atomic E-state index is -6.12. The number of rotatable bonds is 1. The minimum Gasteiger partial charge on any atom is -0.215 e. The first-order valence-electron chi connectivity index (χ1n) is 2.33. The van der Waals surface area contributed by atoms with Gasteiger partial charge in [-0.1, -0.05) is 0 Å². The van der Waals surface area contributed by atoms with Crippen LogP contribution in [0.2, 0.25) is 0 Å². The van der Waals surface area contributed by atoms with Crippen LogP contribution in [0.15, 0.2) is 0 Å². The molecule has 11 heteroatoms. The minimum absolute atomic E-state index is 2.69. The monoisotopic (exact) mass is 232 g/mol. The molecule has 0 spiro atoms. The van der Waals surface area contributed by atoms with Gasteiger partial charge in [0.05, 0.1) is 0 Å². The van der Waals surface area contributed by atoms with Crippen LogP contribution in [0.3, 0.4) is 0 Å². The average Bonchev–Trinajstić information content (AvgIpc) is 1.44. The van der Waals surface area contributed by atoms with Crippen LogP contribution in [-0.4, -0.2) is 25.3 Å². The van der Waals surface area contributed by atoms with Gasteiger partial charge in [-0.25, -0.2) is 5.14 Å². The van der Waals surface area contributed by atoms with Gasteiger partial charge in [0, 0.05) is 4.31 Å². The second-order valence-electron chi connectivity index (χ2n) is 1.75. The van der Waals surface area contributed by atoms with E-state index in [1.807, 2.05) is 0 Å². The van der Waals surface area contributed by atoms with E-state index in [0.717, 1.165) is 0 Å². The highest BCUT2D eigenvalue weighted by Crippen LogP contribution is 2.34. The van der Waals surface area contributed by atoms with Crippen molar-refractivity contribution in [1.29, 1.82) is 0 Å². The molecule has 0 atom stereocenters. The van der Waals surface area contributed by atoms with Crippen molar-refractivity contribution in [3.8, 4) is 0 Å². The number of alkyl halides is 6. The predicted octanol–water partition coefficient (Wildman–Crippen LogP) is 0.532. The van der Waals surface area contributed by atoms with Crippen LogP contribution in [0, 0.1) is 0 Å². The van der Waals surface area contributed by atoms with Gasteiger partial charge in [0.2, 0.25) is 0 Å². The molecule has 0 aliphatic carbocycles. The molecular weight excluding hydrogens is 230 g/mol. The fraction of sp³-hybridized carbons (Fsp3) is 1.00. The third-order valence-corrected chi connectivity index (χ3v) is 1.64. The Hall–Kier alpha value is -0.550. The molecule has 0 rings (SSSR count). The van der Waals surface area contributed by atoms with Crippen molar-refractivity contribution in [1.82, 2.24) is 4.31 Å². The highest BCUT2D eigenvalue weighted by molar-refractivity contribution is 7.86. The molecule has 80 valence electrons. The lowest BCUT2D eigenvalue weighted by Crippen LogP contribution is -2.54. The second kappa shape index (κ2) is 2.99. The SMILES string of the molecule is NS(=O)(=O)N(C(F)(F)F)C(F)(F)F. The predicted molar refractivity (Wildman–Crippen MR) is 27.1 cm³/mol. The maximum atomic E-state index is 11.5. The molecule has 4 nitrogen and oxygen atoms in total. The fourth-order valence-electron chi connectivity index (χ4n) is 0.432. The van der Waals surface area contributed by atoms with E-state index in [0.29, 0.717) is 0 Å². The lowest BCUT2D eigenvalue weighted by molar-refractivity contribution is -0.333. The summed E-state index contributed by atoms with van der Waals surface area (Å²) in [6.45, 7) is 0. The summed E-state index contributed by atoms with van der Waals surface area (Å²) in [6, 6.07) is 0. The van der Waals surface area contributed by atoms with Gasteiger partial charge in [-0.05, 0) is 0 Å². The molecule has 0 aliphatic heterocycles. The van der Waals surface area contributed by atoms with Crippen molar-refractivity contribution in [3.63, 3.8) is 0 Å². The Labute approximate surface area is 68.1 Å². The van der Waals surface area contributed by atoms with Gasteiger partial charge in [0.1, 0.15) is 0 Å². The van der Waals surface area contributed by atoms with E-state index in [2.05, 4.69) is 5.14 Å². The molecule has 2 N–H and O–H groups in total. The van der Waals surface area contributed by atoms with Gasteiger partial charge in [-0.3, -0.25) is 0 Å². The highest BCUT2D eigenvalue weighted by atomic mass is 32.2. The Morgan fingerprint density at radius 2 is 1.15 bits per heavy atom. The summed E-state index contributed by atoms with van der Waals surface area (Å²) in [5, 5.41) is 3.71. The van der Waals surface area contributed by atoms with Crippen LogP contribution in [0.4, 0.5) is 26.3 Å². The number of nitrogens with zero attached hydrogens (tertiary/aromatic N) is 1. The zero-order valence-corrected chi connectivity index (χ0v) is 6.33. The normalized spacial score (nSPS) is 15.1. The topological polar surface area (TPSA) is 63.4 Å². The van der Waals surface area contributed by atoms with Crippen LogP contribution < -0.4 is 5.14 Å². The van der Waals surface area contributed by atoms with Crippen LogP contribution >= 0.6 is 0 Å². The Bertz CT molecular complexity index is 262. The Balaban J connectivity index is 5.28. The second-order valence-corrected chi connectivity index (χ2v) is 3.14. The zero-order valence-electron chi connectivity index (χ0n) is 5.52. The molecule has 0 fully saturated rings.